The zero-order chi connectivity index (χ0) is 17.9. The molecule has 2 rings (SSSR count). The van der Waals surface area contributed by atoms with Crippen molar-refractivity contribution in [2.75, 3.05) is 5.32 Å². The van der Waals surface area contributed by atoms with Gasteiger partial charge in [0, 0.05) is 24.3 Å². The third-order valence-electron chi connectivity index (χ3n) is 3.69. The predicted molar refractivity (Wildman–Crippen MR) is 88.0 cm³/mol. The van der Waals surface area contributed by atoms with Crippen molar-refractivity contribution < 1.29 is 14.6 Å². The first-order valence-electron chi connectivity index (χ1n) is 7.10. The zero-order valence-electron chi connectivity index (χ0n) is 13.1. The summed E-state index contributed by atoms with van der Waals surface area (Å²) in [6.45, 7) is 3.39. The molecule has 0 saturated heterocycles. The van der Waals surface area contributed by atoms with Crippen molar-refractivity contribution in [3.8, 4) is 0 Å². The summed E-state index contributed by atoms with van der Waals surface area (Å²) in [5.41, 5.74) is 1.51. The number of carbonyl (C=O) groups excluding carboxylic acids is 1. The monoisotopic (exact) mass is 329 g/mol. The van der Waals surface area contributed by atoms with Gasteiger partial charge in [0.05, 0.1) is 21.5 Å². The molecule has 0 unspecified atom stereocenters. The number of aryl methyl sites for hydroxylation is 1. The van der Waals surface area contributed by atoms with Crippen molar-refractivity contribution in [2.24, 2.45) is 0 Å². The van der Waals surface area contributed by atoms with Crippen molar-refractivity contribution in [1.82, 2.24) is 0 Å². The van der Waals surface area contributed by atoms with Gasteiger partial charge in [0.25, 0.3) is 11.4 Å². The summed E-state index contributed by atoms with van der Waals surface area (Å²) >= 11 is 0. The SMILES string of the molecule is Cc1ccc([N+](=O)[O-])cc1NC(=O)[C@H](C)c1ccc([N+](=O)[O-])cc1. The number of anilines is 1. The Balaban J connectivity index is 2.18. The first kappa shape index (κ1) is 17.1. The topological polar surface area (TPSA) is 115 Å². The lowest BCUT2D eigenvalue weighted by molar-refractivity contribution is -0.385. The molecule has 0 fully saturated rings. The third-order valence-corrected chi connectivity index (χ3v) is 3.69. The first-order chi connectivity index (χ1) is 11.3. The number of hydrogen-bond donors (Lipinski definition) is 1. The van der Waals surface area contributed by atoms with Crippen LogP contribution in [0.2, 0.25) is 0 Å². The fourth-order valence-corrected chi connectivity index (χ4v) is 2.14. The number of amides is 1. The van der Waals surface area contributed by atoms with Crippen molar-refractivity contribution in [3.05, 3.63) is 73.8 Å². The maximum absolute atomic E-state index is 12.4. The van der Waals surface area contributed by atoms with Crippen LogP contribution in [0.5, 0.6) is 0 Å². The highest BCUT2D eigenvalue weighted by Gasteiger charge is 2.18. The molecule has 124 valence electrons. The highest BCUT2D eigenvalue weighted by Crippen LogP contribution is 2.25. The Morgan fingerprint density at radius 1 is 1.00 bits per heavy atom. The van der Waals surface area contributed by atoms with Crippen molar-refractivity contribution in [3.63, 3.8) is 0 Å². The smallest absolute Gasteiger partial charge is 0.271 e. The molecule has 1 N–H and O–H groups in total. The summed E-state index contributed by atoms with van der Waals surface area (Å²) in [7, 11) is 0. The molecule has 0 heterocycles. The Morgan fingerprint density at radius 3 is 2.08 bits per heavy atom. The summed E-state index contributed by atoms with van der Waals surface area (Å²) in [5, 5.41) is 24.1. The largest absolute Gasteiger partial charge is 0.325 e. The van der Waals surface area contributed by atoms with Gasteiger partial charge in [0.2, 0.25) is 5.91 Å². The van der Waals surface area contributed by atoms with E-state index in [0.717, 1.165) is 0 Å². The van der Waals surface area contributed by atoms with Gasteiger partial charge in [-0.15, -0.1) is 0 Å². The molecule has 8 nitrogen and oxygen atoms in total. The average molecular weight is 329 g/mol. The van der Waals surface area contributed by atoms with Gasteiger partial charge < -0.3 is 5.32 Å². The first-order valence-corrected chi connectivity index (χ1v) is 7.10. The van der Waals surface area contributed by atoms with E-state index < -0.39 is 15.8 Å². The highest BCUT2D eigenvalue weighted by atomic mass is 16.6. The van der Waals surface area contributed by atoms with Crippen LogP contribution < -0.4 is 5.32 Å². The number of benzene rings is 2. The van der Waals surface area contributed by atoms with Gasteiger partial charge in [0.15, 0.2) is 0 Å². The van der Waals surface area contributed by atoms with Crippen LogP contribution in [0.3, 0.4) is 0 Å². The summed E-state index contributed by atoms with van der Waals surface area (Å²) in [6, 6.07) is 9.92. The fraction of sp³-hybridized carbons (Fsp3) is 0.188. The molecule has 2 aromatic rings. The van der Waals surface area contributed by atoms with E-state index in [0.29, 0.717) is 16.8 Å². The molecule has 0 aliphatic rings. The van der Waals surface area contributed by atoms with Crippen LogP contribution in [-0.2, 0) is 4.79 Å². The fourth-order valence-electron chi connectivity index (χ4n) is 2.14. The number of rotatable bonds is 5. The van der Waals surface area contributed by atoms with Crippen LogP contribution in [-0.4, -0.2) is 15.8 Å². The molecule has 1 amide bonds. The second-order valence-corrected chi connectivity index (χ2v) is 5.32. The lowest BCUT2D eigenvalue weighted by Gasteiger charge is -2.14. The van der Waals surface area contributed by atoms with Crippen molar-refractivity contribution in [2.45, 2.75) is 19.8 Å². The van der Waals surface area contributed by atoms with E-state index in [2.05, 4.69) is 5.32 Å². The minimum atomic E-state index is -0.565. The molecule has 2 aromatic carbocycles. The Kier molecular flexibility index (Phi) is 4.88. The Hall–Kier alpha value is -3.29. The van der Waals surface area contributed by atoms with Crippen LogP contribution >= 0.6 is 0 Å². The van der Waals surface area contributed by atoms with Gasteiger partial charge >= 0.3 is 0 Å². The van der Waals surface area contributed by atoms with Crippen molar-refractivity contribution >= 4 is 23.0 Å². The molecule has 8 heteroatoms. The molecule has 0 aromatic heterocycles. The predicted octanol–water partition coefficient (Wildman–Crippen LogP) is 3.55. The Morgan fingerprint density at radius 2 is 1.54 bits per heavy atom. The maximum atomic E-state index is 12.4. The Labute approximate surface area is 137 Å². The van der Waals surface area contributed by atoms with Gasteiger partial charge in [0.1, 0.15) is 0 Å². The van der Waals surface area contributed by atoms with E-state index >= 15 is 0 Å². The van der Waals surface area contributed by atoms with Crippen molar-refractivity contribution in [1.29, 1.82) is 0 Å². The molecule has 0 aliphatic carbocycles. The van der Waals surface area contributed by atoms with E-state index in [1.807, 2.05) is 0 Å². The number of nitrogens with zero attached hydrogens (tertiary/aromatic N) is 2. The number of non-ortho nitro benzene ring substituents is 2. The van der Waals surface area contributed by atoms with E-state index in [4.69, 9.17) is 0 Å². The summed E-state index contributed by atoms with van der Waals surface area (Å²) < 4.78 is 0. The average Bonchev–Trinajstić information content (AvgIpc) is 2.55. The molecular formula is C16H15N3O5. The van der Waals surface area contributed by atoms with E-state index in [-0.39, 0.29) is 17.3 Å². The lowest BCUT2D eigenvalue weighted by Crippen LogP contribution is -2.19. The second-order valence-electron chi connectivity index (χ2n) is 5.32. The van der Waals surface area contributed by atoms with Crippen LogP contribution in [0.25, 0.3) is 0 Å². The quantitative estimate of drug-likeness (QED) is 0.665. The summed E-state index contributed by atoms with van der Waals surface area (Å²) in [6.07, 6.45) is 0. The second kappa shape index (κ2) is 6.86. The number of nitro benzene ring substituents is 2. The van der Waals surface area contributed by atoms with Gasteiger partial charge in [-0.2, -0.15) is 0 Å². The number of nitrogens with one attached hydrogen (secondary N) is 1. The molecular weight excluding hydrogens is 314 g/mol. The zero-order valence-corrected chi connectivity index (χ0v) is 13.1. The maximum Gasteiger partial charge on any atom is 0.271 e. The van der Waals surface area contributed by atoms with Crippen LogP contribution in [0.15, 0.2) is 42.5 Å². The molecule has 24 heavy (non-hydrogen) atoms. The molecule has 0 bridgehead atoms. The van der Waals surface area contributed by atoms with Gasteiger partial charge in [-0.3, -0.25) is 25.0 Å². The van der Waals surface area contributed by atoms with Gasteiger partial charge in [-0.25, -0.2) is 0 Å². The van der Waals surface area contributed by atoms with Gasteiger partial charge in [-0.1, -0.05) is 18.2 Å². The molecule has 0 saturated carbocycles. The summed E-state index contributed by atoms with van der Waals surface area (Å²) in [5.74, 6) is -0.920. The normalized spacial score (nSPS) is 11.6. The molecule has 1 atom stereocenters. The van der Waals surface area contributed by atoms with E-state index in [9.17, 15) is 25.0 Å². The van der Waals surface area contributed by atoms with Gasteiger partial charge in [-0.05, 0) is 25.0 Å². The minimum absolute atomic E-state index is 0.0547. The number of carbonyl (C=O) groups is 1. The van der Waals surface area contributed by atoms with E-state index in [1.54, 1.807) is 19.9 Å². The van der Waals surface area contributed by atoms with Crippen LogP contribution in [0, 0.1) is 27.2 Å². The van der Waals surface area contributed by atoms with Crippen LogP contribution in [0.1, 0.15) is 24.0 Å². The van der Waals surface area contributed by atoms with Crippen LogP contribution in [0.4, 0.5) is 17.1 Å². The molecule has 0 spiro atoms. The third kappa shape index (κ3) is 3.72. The number of hydrogen-bond acceptors (Lipinski definition) is 5. The summed E-state index contributed by atoms with van der Waals surface area (Å²) in [4.78, 5) is 32.8. The molecule has 0 aliphatic heterocycles. The molecule has 0 radical (unpaired) electrons. The number of nitro groups is 2. The minimum Gasteiger partial charge on any atom is -0.325 e. The standard InChI is InChI=1S/C16H15N3O5/c1-10-3-6-14(19(23)24)9-15(10)17-16(20)11(2)12-4-7-13(8-5-12)18(21)22/h3-9,11H,1-2H3,(H,17,20)/t11-/m1/s1. The Bertz CT molecular complexity index is 802. The van der Waals surface area contributed by atoms with E-state index in [1.165, 1.54) is 36.4 Å². The lowest BCUT2D eigenvalue weighted by atomic mass is 9.99. The highest BCUT2D eigenvalue weighted by molar-refractivity contribution is 5.96.